The van der Waals surface area contributed by atoms with Crippen LogP contribution < -0.4 is 5.32 Å². The Balaban J connectivity index is 2.03. The molecule has 0 bridgehead atoms. The molecule has 5 nitrogen and oxygen atoms in total. The number of aliphatic hydroxyl groups is 1. The third kappa shape index (κ3) is 7.22. The highest BCUT2D eigenvalue weighted by Crippen LogP contribution is 2.00. The van der Waals surface area contributed by atoms with Crippen molar-refractivity contribution >= 4 is 0 Å². The van der Waals surface area contributed by atoms with Crippen molar-refractivity contribution in [3.05, 3.63) is 0 Å². The Bertz CT molecular complexity index is 215. The van der Waals surface area contributed by atoms with E-state index in [4.69, 9.17) is 0 Å². The molecule has 0 saturated carbocycles. The molecule has 0 aromatic carbocycles. The zero-order valence-electron chi connectivity index (χ0n) is 12.9. The van der Waals surface area contributed by atoms with Gasteiger partial charge >= 0.3 is 0 Å². The van der Waals surface area contributed by atoms with Crippen molar-refractivity contribution in [2.45, 2.75) is 20.0 Å². The molecular weight excluding hydrogens is 240 g/mol. The fourth-order valence-corrected chi connectivity index (χ4v) is 2.44. The van der Waals surface area contributed by atoms with Crippen LogP contribution in [0.5, 0.6) is 0 Å². The van der Waals surface area contributed by atoms with E-state index in [-0.39, 0.29) is 6.10 Å². The van der Waals surface area contributed by atoms with Crippen LogP contribution in [0.15, 0.2) is 0 Å². The molecular formula is C14H32N4O. The molecule has 5 heteroatoms. The van der Waals surface area contributed by atoms with Gasteiger partial charge < -0.3 is 20.2 Å². The quantitative estimate of drug-likeness (QED) is 0.555. The standard InChI is InChI=1S/C14H32N4O/c1-4-17(5-2)7-6-15-12-14(19)13-18-10-8-16(3)9-11-18/h14-15,19H,4-13H2,1-3H3. The number of nitrogens with one attached hydrogen (secondary N) is 1. The summed E-state index contributed by atoms with van der Waals surface area (Å²) in [7, 11) is 2.16. The Morgan fingerprint density at radius 1 is 1.16 bits per heavy atom. The molecule has 1 aliphatic rings. The van der Waals surface area contributed by atoms with Crippen molar-refractivity contribution < 1.29 is 5.11 Å². The van der Waals surface area contributed by atoms with Gasteiger partial charge in [-0.15, -0.1) is 0 Å². The first-order valence-electron chi connectivity index (χ1n) is 7.67. The van der Waals surface area contributed by atoms with Gasteiger partial charge in [-0.2, -0.15) is 0 Å². The topological polar surface area (TPSA) is 42.0 Å². The van der Waals surface area contributed by atoms with Gasteiger partial charge in [0.2, 0.25) is 0 Å². The maximum absolute atomic E-state index is 10.0. The fraction of sp³-hybridized carbons (Fsp3) is 1.00. The minimum atomic E-state index is -0.250. The second-order valence-electron chi connectivity index (χ2n) is 5.49. The first-order valence-corrected chi connectivity index (χ1v) is 7.67. The number of hydrogen-bond acceptors (Lipinski definition) is 5. The molecule has 0 aromatic rings. The van der Waals surface area contributed by atoms with E-state index in [0.29, 0.717) is 6.54 Å². The molecule has 1 heterocycles. The van der Waals surface area contributed by atoms with Crippen LogP contribution in [0, 0.1) is 0 Å². The van der Waals surface area contributed by atoms with E-state index >= 15 is 0 Å². The summed E-state index contributed by atoms with van der Waals surface area (Å²) in [4.78, 5) is 7.09. The van der Waals surface area contributed by atoms with Crippen LogP contribution >= 0.6 is 0 Å². The molecule has 1 atom stereocenters. The Labute approximate surface area is 118 Å². The molecule has 1 rings (SSSR count). The van der Waals surface area contributed by atoms with Gasteiger partial charge in [0.25, 0.3) is 0 Å². The van der Waals surface area contributed by atoms with Crippen molar-refractivity contribution in [3.8, 4) is 0 Å². The lowest BCUT2D eigenvalue weighted by Crippen LogP contribution is -2.48. The number of hydrogen-bond donors (Lipinski definition) is 2. The average molecular weight is 272 g/mol. The van der Waals surface area contributed by atoms with Crippen molar-refractivity contribution in [1.82, 2.24) is 20.0 Å². The van der Waals surface area contributed by atoms with Crippen LogP contribution in [0.1, 0.15) is 13.8 Å². The van der Waals surface area contributed by atoms with E-state index < -0.39 is 0 Å². The Kier molecular flexibility index (Phi) is 8.57. The molecule has 1 fully saturated rings. The van der Waals surface area contributed by atoms with E-state index in [2.05, 4.69) is 40.9 Å². The van der Waals surface area contributed by atoms with Gasteiger partial charge in [0, 0.05) is 52.4 Å². The van der Waals surface area contributed by atoms with Crippen molar-refractivity contribution in [1.29, 1.82) is 0 Å². The van der Waals surface area contributed by atoms with Gasteiger partial charge in [-0.25, -0.2) is 0 Å². The van der Waals surface area contributed by atoms with Gasteiger partial charge in [0.15, 0.2) is 0 Å². The maximum Gasteiger partial charge on any atom is 0.0791 e. The molecule has 19 heavy (non-hydrogen) atoms. The Morgan fingerprint density at radius 3 is 2.37 bits per heavy atom. The van der Waals surface area contributed by atoms with E-state index in [9.17, 15) is 5.11 Å². The fourth-order valence-electron chi connectivity index (χ4n) is 2.44. The average Bonchev–Trinajstić information content (AvgIpc) is 2.42. The lowest BCUT2D eigenvalue weighted by molar-refractivity contribution is 0.0799. The van der Waals surface area contributed by atoms with Crippen LogP contribution in [-0.4, -0.2) is 98.4 Å². The van der Waals surface area contributed by atoms with Crippen molar-refractivity contribution in [2.24, 2.45) is 0 Å². The van der Waals surface area contributed by atoms with Crippen molar-refractivity contribution in [3.63, 3.8) is 0 Å². The highest BCUT2D eigenvalue weighted by atomic mass is 16.3. The number of β-amino-alcohol motifs (C(OH)–C–C–N with tert-alkyl or cyclic N) is 1. The van der Waals surface area contributed by atoms with E-state index in [0.717, 1.165) is 58.9 Å². The molecule has 2 N–H and O–H groups in total. The third-order valence-corrected chi connectivity index (χ3v) is 3.94. The number of nitrogens with zero attached hydrogens (tertiary/aromatic N) is 3. The number of likely N-dealkylation sites (N-methyl/N-ethyl adjacent to an activating group) is 2. The second-order valence-corrected chi connectivity index (χ2v) is 5.49. The number of aliphatic hydroxyl groups excluding tert-OH is 1. The minimum absolute atomic E-state index is 0.250. The smallest absolute Gasteiger partial charge is 0.0791 e. The molecule has 0 radical (unpaired) electrons. The molecule has 1 unspecified atom stereocenters. The minimum Gasteiger partial charge on any atom is -0.390 e. The Hall–Kier alpha value is -0.200. The zero-order valence-corrected chi connectivity index (χ0v) is 12.9. The predicted octanol–water partition coefficient (Wildman–Crippen LogP) is -0.474. The molecule has 114 valence electrons. The van der Waals surface area contributed by atoms with Gasteiger partial charge in [-0.1, -0.05) is 13.8 Å². The van der Waals surface area contributed by atoms with Crippen molar-refractivity contribution in [2.75, 3.05) is 72.5 Å². The summed E-state index contributed by atoms with van der Waals surface area (Å²) in [6, 6.07) is 0. The molecule has 0 spiro atoms. The zero-order chi connectivity index (χ0) is 14.1. The number of rotatable bonds is 9. The van der Waals surface area contributed by atoms with E-state index in [1.54, 1.807) is 0 Å². The molecule has 0 amide bonds. The second kappa shape index (κ2) is 9.66. The van der Waals surface area contributed by atoms with Crippen LogP contribution in [0.25, 0.3) is 0 Å². The highest BCUT2D eigenvalue weighted by molar-refractivity contribution is 4.73. The van der Waals surface area contributed by atoms with Gasteiger partial charge in [-0.05, 0) is 20.1 Å². The van der Waals surface area contributed by atoms with Crippen LogP contribution in [0.3, 0.4) is 0 Å². The summed E-state index contributed by atoms with van der Waals surface area (Å²) in [5.74, 6) is 0. The van der Waals surface area contributed by atoms with Gasteiger partial charge in [-0.3, -0.25) is 4.90 Å². The van der Waals surface area contributed by atoms with E-state index in [1.807, 2.05) is 0 Å². The lowest BCUT2D eigenvalue weighted by Gasteiger charge is -2.33. The molecule has 0 aromatic heterocycles. The molecule has 1 aliphatic heterocycles. The Morgan fingerprint density at radius 2 is 1.79 bits per heavy atom. The van der Waals surface area contributed by atoms with Crippen LogP contribution in [-0.2, 0) is 0 Å². The number of piperazine rings is 1. The molecule has 0 aliphatic carbocycles. The predicted molar refractivity (Wildman–Crippen MR) is 80.6 cm³/mol. The highest BCUT2D eigenvalue weighted by Gasteiger charge is 2.16. The first kappa shape index (κ1) is 16.9. The lowest BCUT2D eigenvalue weighted by atomic mass is 10.2. The normalized spacial score (nSPS) is 20.1. The van der Waals surface area contributed by atoms with Crippen LogP contribution in [0.2, 0.25) is 0 Å². The summed E-state index contributed by atoms with van der Waals surface area (Å²) >= 11 is 0. The summed E-state index contributed by atoms with van der Waals surface area (Å²) in [5, 5.41) is 13.4. The summed E-state index contributed by atoms with van der Waals surface area (Å²) < 4.78 is 0. The van der Waals surface area contributed by atoms with Crippen LogP contribution in [0.4, 0.5) is 0 Å². The van der Waals surface area contributed by atoms with Gasteiger partial charge in [0.05, 0.1) is 6.10 Å². The monoisotopic (exact) mass is 272 g/mol. The SMILES string of the molecule is CCN(CC)CCNCC(O)CN1CCN(C)CC1. The molecule has 1 saturated heterocycles. The van der Waals surface area contributed by atoms with Gasteiger partial charge in [0.1, 0.15) is 0 Å². The largest absolute Gasteiger partial charge is 0.390 e. The summed E-state index contributed by atoms with van der Waals surface area (Å²) in [6.07, 6.45) is -0.250. The summed E-state index contributed by atoms with van der Waals surface area (Å²) in [6.45, 7) is 14.5. The third-order valence-electron chi connectivity index (χ3n) is 3.94. The van der Waals surface area contributed by atoms with E-state index in [1.165, 1.54) is 0 Å². The first-order chi connectivity index (χ1) is 9.15. The maximum atomic E-state index is 10.0. The summed E-state index contributed by atoms with van der Waals surface area (Å²) in [5.41, 5.74) is 0.